The monoisotopic (exact) mass is 299 g/mol. The normalized spacial score (nSPS) is 14.3. The third-order valence-corrected chi connectivity index (χ3v) is 5.07. The van der Waals surface area contributed by atoms with Gasteiger partial charge in [0.05, 0.1) is 0 Å². The molecule has 1 heterocycles. The summed E-state index contributed by atoms with van der Waals surface area (Å²) in [4.78, 5) is 0. The molecule has 0 spiro atoms. The molecule has 4 aromatic rings. The number of hydrogen-bond donors (Lipinski definition) is 0. The molecule has 0 radical (unpaired) electrons. The van der Waals surface area contributed by atoms with Crippen molar-refractivity contribution in [2.24, 2.45) is 0 Å². The first-order valence-corrected chi connectivity index (χ1v) is 8.29. The zero-order valence-electron chi connectivity index (χ0n) is 12.9. The van der Waals surface area contributed by atoms with Crippen LogP contribution in [0.1, 0.15) is 24.0 Å². The van der Waals surface area contributed by atoms with E-state index in [1.54, 1.807) is 6.26 Å². The fourth-order valence-electron chi connectivity index (χ4n) is 4.01. The predicted molar refractivity (Wildman–Crippen MR) is 93.6 cm³/mol. The van der Waals surface area contributed by atoms with E-state index in [2.05, 4.69) is 47.6 Å². The SMILES string of the molecule is c1ccc2c(c1)cc(-c1ccon1)c1c3c(ccc12)CCCC3. The smallest absolute Gasteiger partial charge is 0.124 e. The summed E-state index contributed by atoms with van der Waals surface area (Å²) in [5, 5.41) is 9.50. The van der Waals surface area contributed by atoms with Crippen molar-refractivity contribution in [3.63, 3.8) is 0 Å². The minimum absolute atomic E-state index is 0.930. The Morgan fingerprint density at radius 3 is 2.70 bits per heavy atom. The summed E-state index contributed by atoms with van der Waals surface area (Å²) in [5.41, 5.74) is 5.15. The molecule has 2 nitrogen and oxygen atoms in total. The molecular formula is C21H17NO. The summed E-state index contributed by atoms with van der Waals surface area (Å²) < 4.78 is 5.12. The predicted octanol–water partition coefficient (Wildman–Crippen LogP) is 5.53. The van der Waals surface area contributed by atoms with Crippen LogP contribution >= 0.6 is 0 Å². The van der Waals surface area contributed by atoms with E-state index in [0.717, 1.165) is 12.1 Å². The number of nitrogens with zero attached hydrogens (tertiary/aromatic N) is 1. The number of rotatable bonds is 1. The van der Waals surface area contributed by atoms with Crippen molar-refractivity contribution in [3.05, 3.63) is 65.9 Å². The standard InChI is InChI=1S/C21H17NO/c1-4-8-17-14(5-1)9-10-18-16-7-3-2-6-15(16)13-19(21(17)18)20-11-12-23-22-20/h2-3,6-7,9-13H,1,4-5,8H2. The van der Waals surface area contributed by atoms with E-state index in [4.69, 9.17) is 4.52 Å². The van der Waals surface area contributed by atoms with Crippen molar-refractivity contribution in [1.29, 1.82) is 0 Å². The van der Waals surface area contributed by atoms with Gasteiger partial charge in [-0.1, -0.05) is 41.6 Å². The second kappa shape index (κ2) is 4.95. The maximum absolute atomic E-state index is 5.12. The van der Waals surface area contributed by atoms with Crippen molar-refractivity contribution >= 4 is 21.5 Å². The zero-order valence-corrected chi connectivity index (χ0v) is 12.9. The highest BCUT2D eigenvalue weighted by molar-refractivity contribution is 6.14. The second-order valence-electron chi connectivity index (χ2n) is 6.36. The van der Waals surface area contributed by atoms with Crippen LogP contribution in [0.3, 0.4) is 0 Å². The Morgan fingerprint density at radius 1 is 0.870 bits per heavy atom. The summed E-state index contributed by atoms with van der Waals surface area (Å²) in [6.07, 6.45) is 6.58. The van der Waals surface area contributed by atoms with E-state index >= 15 is 0 Å². The second-order valence-corrected chi connectivity index (χ2v) is 6.36. The van der Waals surface area contributed by atoms with Crippen LogP contribution < -0.4 is 0 Å². The molecule has 0 unspecified atom stereocenters. The molecule has 0 N–H and O–H groups in total. The first-order valence-electron chi connectivity index (χ1n) is 8.29. The highest BCUT2D eigenvalue weighted by atomic mass is 16.5. The van der Waals surface area contributed by atoms with E-state index in [1.807, 2.05) is 6.07 Å². The van der Waals surface area contributed by atoms with E-state index < -0.39 is 0 Å². The quantitative estimate of drug-likeness (QED) is 0.432. The van der Waals surface area contributed by atoms with Gasteiger partial charge < -0.3 is 4.52 Å². The molecule has 0 bridgehead atoms. The first-order chi connectivity index (χ1) is 11.4. The van der Waals surface area contributed by atoms with E-state index in [0.29, 0.717) is 0 Å². The molecule has 0 amide bonds. The van der Waals surface area contributed by atoms with Crippen LogP contribution in [0.15, 0.2) is 59.3 Å². The molecule has 2 heteroatoms. The molecule has 0 fully saturated rings. The third-order valence-electron chi connectivity index (χ3n) is 5.07. The lowest BCUT2D eigenvalue weighted by atomic mass is 9.84. The molecular weight excluding hydrogens is 282 g/mol. The van der Waals surface area contributed by atoms with Crippen molar-refractivity contribution in [1.82, 2.24) is 5.16 Å². The van der Waals surface area contributed by atoms with Gasteiger partial charge in [-0.05, 0) is 64.4 Å². The number of fused-ring (bicyclic) bond motifs is 5. The van der Waals surface area contributed by atoms with Crippen LogP contribution in [-0.2, 0) is 12.8 Å². The molecule has 0 saturated heterocycles. The summed E-state index contributed by atoms with van der Waals surface area (Å²) in [7, 11) is 0. The van der Waals surface area contributed by atoms with Gasteiger partial charge in [0.25, 0.3) is 0 Å². The number of benzene rings is 3. The molecule has 1 aliphatic carbocycles. The topological polar surface area (TPSA) is 26.0 Å². The van der Waals surface area contributed by atoms with Crippen LogP contribution in [0.5, 0.6) is 0 Å². The lowest BCUT2D eigenvalue weighted by Gasteiger charge is -2.20. The summed E-state index contributed by atoms with van der Waals surface area (Å²) in [6.45, 7) is 0. The van der Waals surface area contributed by atoms with Crippen molar-refractivity contribution in [3.8, 4) is 11.3 Å². The van der Waals surface area contributed by atoms with Crippen molar-refractivity contribution in [2.75, 3.05) is 0 Å². The average molecular weight is 299 g/mol. The van der Waals surface area contributed by atoms with E-state index in [1.165, 1.54) is 57.5 Å². The van der Waals surface area contributed by atoms with Crippen LogP contribution in [0.25, 0.3) is 32.8 Å². The molecule has 1 aromatic heterocycles. The molecule has 0 saturated carbocycles. The van der Waals surface area contributed by atoms with Crippen LogP contribution in [0, 0.1) is 0 Å². The van der Waals surface area contributed by atoms with Gasteiger partial charge >= 0.3 is 0 Å². The number of aromatic nitrogens is 1. The molecule has 0 aliphatic heterocycles. The molecule has 1 aliphatic rings. The molecule has 0 atom stereocenters. The van der Waals surface area contributed by atoms with Crippen molar-refractivity contribution < 1.29 is 4.52 Å². The summed E-state index contributed by atoms with van der Waals surface area (Å²) >= 11 is 0. The van der Waals surface area contributed by atoms with Crippen LogP contribution in [0.2, 0.25) is 0 Å². The molecule has 3 aromatic carbocycles. The van der Waals surface area contributed by atoms with Gasteiger partial charge in [0.15, 0.2) is 0 Å². The molecule has 112 valence electrons. The third kappa shape index (κ3) is 1.91. The average Bonchev–Trinajstić information content (AvgIpc) is 3.15. The largest absolute Gasteiger partial charge is 0.364 e. The maximum Gasteiger partial charge on any atom is 0.124 e. The summed E-state index contributed by atoms with van der Waals surface area (Å²) in [6, 6.07) is 17.5. The number of hydrogen-bond acceptors (Lipinski definition) is 2. The van der Waals surface area contributed by atoms with Gasteiger partial charge in [-0.3, -0.25) is 0 Å². The van der Waals surface area contributed by atoms with Gasteiger partial charge in [-0.2, -0.15) is 0 Å². The first kappa shape index (κ1) is 12.9. The summed E-state index contributed by atoms with van der Waals surface area (Å²) in [5.74, 6) is 0. The zero-order chi connectivity index (χ0) is 15.2. The Morgan fingerprint density at radius 2 is 1.78 bits per heavy atom. The Balaban J connectivity index is 1.99. The number of aryl methyl sites for hydroxylation is 2. The molecule has 5 rings (SSSR count). The lowest BCUT2D eigenvalue weighted by Crippen LogP contribution is -2.04. The Bertz CT molecular complexity index is 1020. The fraction of sp³-hybridized carbons (Fsp3) is 0.190. The Labute approximate surface area is 134 Å². The van der Waals surface area contributed by atoms with Crippen LogP contribution in [0.4, 0.5) is 0 Å². The van der Waals surface area contributed by atoms with Gasteiger partial charge in [0, 0.05) is 11.6 Å². The van der Waals surface area contributed by atoms with Crippen LogP contribution in [-0.4, -0.2) is 5.16 Å². The van der Waals surface area contributed by atoms with Crippen molar-refractivity contribution in [2.45, 2.75) is 25.7 Å². The van der Waals surface area contributed by atoms with E-state index in [9.17, 15) is 0 Å². The highest BCUT2D eigenvalue weighted by Crippen LogP contribution is 2.39. The minimum atomic E-state index is 0.930. The van der Waals surface area contributed by atoms with Gasteiger partial charge in [-0.25, -0.2) is 0 Å². The molecule has 23 heavy (non-hydrogen) atoms. The fourth-order valence-corrected chi connectivity index (χ4v) is 4.01. The van der Waals surface area contributed by atoms with Gasteiger partial charge in [0.2, 0.25) is 0 Å². The minimum Gasteiger partial charge on any atom is -0.364 e. The highest BCUT2D eigenvalue weighted by Gasteiger charge is 2.18. The van der Waals surface area contributed by atoms with Gasteiger partial charge in [0.1, 0.15) is 12.0 Å². The maximum atomic E-state index is 5.12. The lowest BCUT2D eigenvalue weighted by molar-refractivity contribution is 0.422. The Kier molecular flexibility index (Phi) is 2.77. The van der Waals surface area contributed by atoms with E-state index in [-0.39, 0.29) is 0 Å². The van der Waals surface area contributed by atoms with Gasteiger partial charge in [-0.15, -0.1) is 0 Å². The Hall–Kier alpha value is -2.61.